The normalized spacial score (nSPS) is 13.7. The molecular formula is C20H14ClN5O3. The van der Waals surface area contributed by atoms with Crippen LogP contribution in [-0.2, 0) is 0 Å². The molecule has 1 aliphatic rings. The van der Waals surface area contributed by atoms with Crippen molar-refractivity contribution >= 4 is 23.2 Å². The van der Waals surface area contributed by atoms with Crippen molar-refractivity contribution < 1.29 is 15.0 Å². The van der Waals surface area contributed by atoms with Crippen LogP contribution in [0.3, 0.4) is 0 Å². The predicted octanol–water partition coefficient (Wildman–Crippen LogP) is 3.79. The van der Waals surface area contributed by atoms with Gasteiger partial charge in [0.1, 0.15) is 11.4 Å². The van der Waals surface area contributed by atoms with Gasteiger partial charge in [0.15, 0.2) is 11.3 Å². The fraction of sp³-hybridized carbons (Fsp3) is 0.150. The van der Waals surface area contributed by atoms with Gasteiger partial charge in [0.2, 0.25) is 0 Å². The van der Waals surface area contributed by atoms with Crippen LogP contribution >= 0.6 is 11.6 Å². The van der Waals surface area contributed by atoms with Crippen LogP contribution in [0, 0.1) is 0 Å². The van der Waals surface area contributed by atoms with Gasteiger partial charge in [-0.05, 0) is 42.7 Å². The maximum atomic E-state index is 11.7. The number of carboxylic acids is 1. The Morgan fingerprint density at radius 1 is 1.10 bits per heavy atom. The number of hydrogen-bond donors (Lipinski definition) is 2. The predicted molar refractivity (Wildman–Crippen MR) is 105 cm³/mol. The molecule has 3 aromatic heterocycles. The van der Waals surface area contributed by atoms with Gasteiger partial charge in [0.25, 0.3) is 0 Å². The van der Waals surface area contributed by atoms with Crippen LogP contribution in [0.25, 0.3) is 28.0 Å². The molecule has 0 radical (unpaired) electrons. The maximum absolute atomic E-state index is 11.7. The number of aromatic nitrogens is 5. The van der Waals surface area contributed by atoms with Crippen molar-refractivity contribution in [2.24, 2.45) is 0 Å². The summed E-state index contributed by atoms with van der Waals surface area (Å²) < 4.78 is 1.57. The van der Waals surface area contributed by atoms with Gasteiger partial charge in [0, 0.05) is 23.9 Å². The van der Waals surface area contributed by atoms with E-state index in [-0.39, 0.29) is 22.4 Å². The van der Waals surface area contributed by atoms with E-state index in [1.165, 1.54) is 6.07 Å². The molecule has 1 aliphatic carbocycles. The Kier molecular flexibility index (Phi) is 3.95. The first kappa shape index (κ1) is 17.6. The van der Waals surface area contributed by atoms with Crippen molar-refractivity contribution in [3.05, 3.63) is 59.1 Å². The van der Waals surface area contributed by atoms with E-state index in [1.807, 2.05) is 12.1 Å². The van der Waals surface area contributed by atoms with Crippen molar-refractivity contribution in [1.29, 1.82) is 0 Å². The minimum Gasteiger partial charge on any atom is -0.506 e. The largest absolute Gasteiger partial charge is 0.506 e. The number of benzene rings is 1. The van der Waals surface area contributed by atoms with Crippen molar-refractivity contribution in [3.63, 3.8) is 0 Å². The summed E-state index contributed by atoms with van der Waals surface area (Å²) in [6, 6.07) is 8.50. The van der Waals surface area contributed by atoms with Gasteiger partial charge in [0.05, 0.1) is 16.3 Å². The van der Waals surface area contributed by atoms with Gasteiger partial charge >= 0.3 is 5.97 Å². The topological polar surface area (TPSA) is 114 Å². The summed E-state index contributed by atoms with van der Waals surface area (Å²) in [6.45, 7) is 0. The Morgan fingerprint density at radius 2 is 1.86 bits per heavy atom. The molecule has 0 unspecified atom stereocenters. The lowest BCUT2D eigenvalue weighted by molar-refractivity contribution is 0.0686. The zero-order valence-electron chi connectivity index (χ0n) is 14.9. The molecule has 0 saturated heterocycles. The van der Waals surface area contributed by atoms with Gasteiger partial charge in [-0.25, -0.2) is 9.31 Å². The lowest BCUT2D eigenvalue weighted by atomic mass is 10.0. The number of carboxylic acid groups (broad SMARTS) is 1. The van der Waals surface area contributed by atoms with Gasteiger partial charge in [-0.3, -0.25) is 4.98 Å². The first-order valence-electron chi connectivity index (χ1n) is 8.96. The molecule has 5 rings (SSSR count). The Hall–Kier alpha value is -3.52. The van der Waals surface area contributed by atoms with Crippen LogP contribution < -0.4 is 0 Å². The SMILES string of the molecule is O=C(O)c1nnc2c(-c3ccc(Cl)c(O)c3)c(-c3ccncc3)nn2c1C1CC1. The third kappa shape index (κ3) is 2.89. The molecule has 4 aromatic rings. The van der Waals surface area contributed by atoms with E-state index >= 15 is 0 Å². The fourth-order valence-electron chi connectivity index (χ4n) is 3.44. The third-order valence-electron chi connectivity index (χ3n) is 4.93. The molecule has 0 bridgehead atoms. The fourth-order valence-corrected chi connectivity index (χ4v) is 3.56. The standard InChI is InChI=1S/C20H14ClN5O3/c21-13-4-3-12(9-14(13)27)15-16(10-5-7-22-8-6-10)25-26-18(11-1-2-11)17(20(28)29)23-24-19(15)26/h3-9,11,27H,1-2H2,(H,28,29). The zero-order valence-corrected chi connectivity index (χ0v) is 15.7. The van der Waals surface area contributed by atoms with Crippen LogP contribution in [0.4, 0.5) is 0 Å². The van der Waals surface area contributed by atoms with E-state index in [0.29, 0.717) is 28.2 Å². The lowest BCUT2D eigenvalue weighted by Gasteiger charge is -2.07. The number of hydrogen-bond acceptors (Lipinski definition) is 6. The summed E-state index contributed by atoms with van der Waals surface area (Å²) in [7, 11) is 0. The first-order chi connectivity index (χ1) is 14.0. The van der Waals surface area contributed by atoms with E-state index in [9.17, 15) is 15.0 Å². The highest BCUT2D eigenvalue weighted by Crippen LogP contribution is 2.43. The lowest BCUT2D eigenvalue weighted by Crippen LogP contribution is -2.13. The number of aromatic hydroxyl groups is 1. The molecule has 29 heavy (non-hydrogen) atoms. The van der Waals surface area contributed by atoms with Crippen LogP contribution in [-0.4, -0.2) is 41.0 Å². The Morgan fingerprint density at radius 3 is 2.52 bits per heavy atom. The highest BCUT2D eigenvalue weighted by molar-refractivity contribution is 6.32. The summed E-state index contributed by atoms with van der Waals surface area (Å²) in [6.07, 6.45) is 5.06. The summed E-state index contributed by atoms with van der Waals surface area (Å²) in [5.41, 5.74) is 3.53. The molecule has 8 nitrogen and oxygen atoms in total. The van der Waals surface area contributed by atoms with E-state index < -0.39 is 5.97 Å². The summed E-state index contributed by atoms with van der Waals surface area (Å²) >= 11 is 5.98. The minimum absolute atomic E-state index is 0.0678. The molecule has 1 aromatic carbocycles. The van der Waals surface area contributed by atoms with Gasteiger partial charge in [-0.1, -0.05) is 17.7 Å². The number of pyridine rings is 1. The molecule has 1 fully saturated rings. The molecule has 3 heterocycles. The second kappa shape index (κ2) is 6.52. The number of carbonyl (C=O) groups is 1. The van der Waals surface area contributed by atoms with Crippen LogP contribution in [0.5, 0.6) is 5.75 Å². The second-order valence-electron chi connectivity index (χ2n) is 6.87. The van der Waals surface area contributed by atoms with Crippen molar-refractivity contribution in [1.82, 2.24) is 24.8 Å². The highest BCUT2D eigenvalue weighted by atomic mass is 35.5. The average molecular weight is 408 g/mol. The summed E-state index contributed by atoms with van der Waals surface area (Å²) in [5, 5.41) is 32.8. The number of fused-ring (bicyclic) bond motifs is 1. The molecule has 9 heteroatoms. The smallest absolute Gasteiger partial charge is 0.358 e. The number of nitrogens with zero attached hydrogens (tertiary/aromatic N) is 5. The van der Waals surface area contributed by atoms with E-state index in [4.69, 9.17) is 16.7 Å². The quantitative estimate of drug-likeness (QED) is 0.529. The number of halogens is 1. The Labute approximate surface area is 169 Å². The summed E-state index contributed by atoms with van der Waals surface area (Å²) in [5.74, 6) is -1.12. The minimum atomic E-state index is -1.13. The second-order valence-corrected chi connectivity index (χ2v) is 7.28. The Balaban J connectivity index is 1.87. The summed E-state index contributed by atoms with van der Waals surface area (Å²) in [4.78, 5) is 15.8. The zero-order chi connectivity index (χ0) is 20.1. The molecule has 1 saturated carbocycles. The number of aromatic carboxylic acids is 1. The maximum Gasteiger partial charge on any atom is 0.358 e. The number of rotatable bonds is 4. The van der Waals surface area contributed by atoms with Crippen molar-refractivity contribution in [3.8, 4) is 28.1 Å². The third-order valence-corrected chi connectivity index (χ3v) is 5.25. The van der Waals surface area contributed by atoms with E-state index in [1.54, 1.807) is 29.0 Å². The number of phenolic OH excluding ortho intramolecular Hbond substituents is 1. The van der Waals surface area contributed by atoms with Crippen LogP contribution in [0.1, 0.15) is 34.9 Å². The first-order valence-corrected chi connectivity index (χ1v) is 9.34. The molecule has 144 valence electrons. The molecule has 0 aliphatic heterocycles. The molecule has 0 amide bonds. The van der Waals surface area contributed by atoms with E-state index in [0.717, 1.165) is 18.4 Å². The number of phenols is 1. The van der Waals surface area contributed by atoms with Gasteiger partial charge in [-0.15, -0.1) is 10.2 Å². The van der Waals surface area contributed by atoms with E-state index in [2.05, 4.69) is 15.2 Å². The van der Waals surface area contributed by atoms with Crippen molar-refractivity contribution in [2.75, 3.05) is 0 Å². The van der Waals surface area contributed by atoms with Gasteiger partial charge in [-0.2, -0.15) is 5.10 Å². The highest BCUT2D eigenvalue weighted by Gasteiger charge is 2.34. The molecule has 0 spiro atoms. The van der Waals surface area contributed by atoms with Crippen molar-refractivity contribution in [2.45, 2.75) is 18.8 Å². The van der Waals surface area contributed by atoms with Gasteiger partial charge < -0.3 is 10.2 Å². The molecular weight excluding hydrogens is 394 g/mol. The van der Waals surface area contributed by atoms with Crippen LogP contribution in [0.2, 0.25) is 5.02 Å². The average Bonchev–Trinajstić information content (AvgIpc) is 3.49. The Bertz CT molecular complexity index is 1270. The molecule has 2 N–H and O–H groups in total. The molecule has 0 atom stereocenters. The monoisotopic (exact) mass is 407 g/mol. The van der Waals surface area contributed by atoms with Crippen LogP contribution in [0.15, 0.2) is 42.7 Å².